The molecule has 1 aliphatic heterocycles. The number of hydrogen-bond donors (Lipinski definition) is 1. The monoisotopic (exact) mass is 462 g/mol. The highest BCUT2D eigenvalue weighted by molar-refractivity contribution is 9.10. The molecule has 0 atom stereocenters. The van der Waals surface area contributed by atoms with Crippen molar-refractivity contribution < 1.29 is 9.64 Å². The number of fused-ring (bicyclic) bond motifs is 3. The zero-order chi connectivity index (χ0) is 20.5. The second-order valence-electron chi connectivity index (χ2n) is 7.86. The van der Waals surface area contributed by atoms with Crippen LogP contribution in [0.3, 0.4) is 0 Å². The highest BCUT2D eigenvalue weighted by Crippen LogP contribution is 2.41. The summed E-state index contributed by atoms with van der Waals surface area (Å²) in [7, 11) is 1.68. The summed E-state index contributed by atoms with van der Waals surface area (Å²) in [6.45, 7) is 4.09. The van der Waals surface area contributed by atoms with Crippen molar-refractivity contribution in [3.05, 3.63) is 87.9 Å². The summed E-state index contributed by atoms with van der Waals surface area (Å²) < 4.78 is 6.25. The number of halogens is 1. The van der Waals surface area contributed by atoms with Gasteiger partial charge in [0.25, 0.3) is 0 Å². The van der Waals surface area contributed by atoms with Crippen molar-refractivity contribution >= 4 is 22.1 Å². The van der Waals surface area contributed by atoms with Crippen LogP contribution < -0.4 is 9.64 Å². The summed E-state index contributed by atoms with van der Waals surface area (Å²) in [5, 5.41) is 6.92. The lowest BCUT2D eigenvalue weighted by Crippen LogP contribution is -3.14. The molecule has 4 nitrogen and oxygen atoms in total. The molecule has 0 amide bonds. The topological polar surface area (TPSA) is 29.3 Å². The zero-order valence-corrected chi connectivity index (χ0v) is 18.6. The zero-order valence-electron chi connectivity index (χ0n) is 17.0. The lowest BCUT2D eigenvalue weighted by molar-refractivity contribution is -0.929. The van der Waals surface area contributed by atoms with Crippen molar-refractivity contribution in [3.8, 4) is 16.9 Å². The summed E-state index contributed by atoms with van der Waals surface area (Å²) in [5.41, 5.74) is 6.80. The van der Waals surface area contributed by atoms with Crippen LogP contribution in [0.5, 0.6) is 5.75 Å². The van der Waals surface area contributed by atoms with Crippen molar-refractivity contribution in [3.63, 3.8) is 0 Å². The SMILES string of the molecule is COc1ccc(/C=N/N2CC[NH+](C3c4ccccc4-c4ccccc43)CC2)cc1Br. The second-order valence-corrected chi connectivity index (χ2v) is 8.71. The third kappa shape index (κ3) is 3.53. The van der Waals surface area contributed by atoms with Gasteiger partial charge in [0.15, 0.2) is 0 Å². The fourth-order valence-electron chi connectivity index (χ4n) is 4.69. The maximum atomic E-state index is 5.30. The molecule has 0 bridgehead atoms. The van der Waals surface area contributed by atoms with Gasteiger partial charge in [-0.3, -0.25) is 5.01 Å². The molecule has 1 aliphatic carbocycles. The third-order valence-electron chi connectivity index (χ3n) is 6.17. The van der Waals surface area contributed by atoms with Gasteiger partial charge in [-0.25, -0.2) is 0 Å². The van der Waals surface area contributed by atoms with Crippen molar-refractivity contribution in [2.24, 2.45) is 5.10 Å². The average molecular weight is 463 g/mol. The molecule has 0 radical (unpaired) electrons. The van der Waals surface area contributed by atoms with Crippen molar-refractivity contribution in [2.75, 3.05) is 33.3 Å². The number of quaternary nitrogens is 1. The van der Waals surface area contributed by atoms with E-state index in [9.17, 15) is 0 Å². The van der Waals surface area contributed by atoms with Crippen LogP contribution in [0, 0.1) is 0 Å². The maximum Gasteiger partial charge on any atom is 0.140 e. The molecule has 0 spiro atoms. The first-order valence-electron chi connectivity index (χ1n) is 10.4. The Morgan fingerprint density at radius 3 is 2.20 bits per heavy atom. The molecule has 3 aromatic carbocycles. The number of hydrogen-bond acceptors (Lipinski definition) is 3. The highest BCUT2D eigenvalue weighted by Gasteiger charge is 2.37. The summed E-state index contributed by atoms with van der Waals surface area (Å²) in [6, 6.07) is 24.2. The molecule has 1 fully saturated rings. The lowest BCUT2D eigenvalue weighted by Gasteiger charge is -2.34. The van der Waals surface area contributed by atoms with Crippen molar-refractivity contribution in [2.45, 2.75) is 6.04 Å². The number of benzene rings is 3. The van der Waals surface area contributed by atoms with E-state index in [2.05, 4.69) is 69.5 Å². The first kappa shape index (κ1) is 19.3. The van der Waals surface area contributed by atoms with E-state index in [1.54, 1.807) is 12.0 Å². The molecular weight excluding hydrogens is 438 g/mol. The van der Waals surface area contributed by atoms with Crippen molar-refractivity contribution in [1.29, 1.82) is 0 Å². The van der Waals surface area contributed by atoms with E-state index in [4.69, 9.17) is 9.84 Å². The van der Waals surface area contributed by atoms with Gasteiger partial charge in [0.1, 0.15) is 11.8 Å². The Bertz CT molecular complexity index is 1040. The second kappa shape index (κ2) is 8.25. The quantitative estimate of drug-likeness (QED) is 0.598. The van der Waals surface area contributed by atoms with Crippen LogP contribution in [-0.4, -0.2) is 44.5 Å². The summed E-state index contributed by atoms with van der Waals surface area (Å²) >= 11 is 3.54. The van der Waals surface area contributed by atoms with Crippen LogP contribution >= 0.6 is 15.9 Å². The predicted molar refractivity (Wildman–Crippen MR) is 124 cm³/mol. The number of nitrogens with zero attached hydrogens (tertiary/aromatic N) is 2. The third-order valence-corrected chi connectivity index (χ3v) is 6.79. The fraction of sp³-hybridized carbons (Fsp3) is 0.240. The van der Waals surface area contributed by atoms with Gasteiger partial charge in [-0.05, 0) is 50.8 Å². The number of ether oxygens (including phenoxy) is 1. The summed E-state index contributed by atoms with van der Waals surface area (Å²) in [5.74, 6) is 0.835. The maximum absolute atomic E-state index is 5.30. The molecule has 30 heavy (non-hydrogen) atoms. The van der Waals surface area contributed by atoms with Gasteiger partial charge in [-0.2, -0.15) is 5.10 Å². The van der Waals surface area contributed by atoms with Gasteiger partial charge < -0.3 is 9.64 Å². The number of piperazine rings is 1. The molecule has 1 saturated heterocycles. The normalized spacial score (nSPS) is 16.7. The summed E-state index contributed by atoms with van der Waals surface area (Å²) in [4.78, 5) is 1.63. The van der Waals surface area contributed by atoms with Crippen molar-refractivity contribution in [1.82, 2.24) is 5.01 Å². The van der Waals surface area contributed by atoms with Crippen LogP contribution in [0.25, 0.3) is 11.1 Å². The van der Waals surface area contributed by atoms with E-state index in [0.717, 1.165) is 42.0 Å². The lowest BCUT2D eigenvalue weighted by atomic mass is 10.0. The Morgan fingerprint density at radius 2 is 1.60 bits per heavy atom. The van der Waals surface area contributed by atoms with E-state index >= 15 is 0 Å². The van der Waals surface area contributed by atoms with Crippen LogP contribution in [0.4, 0.5) is 0 Å². The first-order chi connectivity index (χ1) is 14.7. The Morgan fingerprint density at radius 1 is 0.967 bits per heavy atom. The average Bonchev–Trinajstić information content (AvgIpc) is 3.13. The van der Waals surface area contributed by atoms with E-state index < -0.39 is 0 Å². The summed E-state index contributed by atoms with van der Waals surface area (Å²) in [6.07, 6.45) is 1.94. The molecule has 2 aliphatic rings. The number of hydrazone groups is 1. The predicted octanol–water partition coefficient (Wildman–Crippen LogP) is 3.76. The molecule has 1 N–H and O–H groups in total. The van der Waals surface area contributed by atoms with Crippen LogP contribution in [0.2, 0.25) is 0 Å². The van der Waals surface area contributed by atoms with Gasteiger partial charge in [0.2, 0.25) is 0 Å². The van der Waals surface area contributed by atoms with E-state index in [0.29, 0.717) is 6.04 Å². The molecule has 5 rings (SSSR count). The standard InChI is InChI=1S/C25H24BrN3O/c1-30-24-11-10-18(16-23(24)26)17-27-29-14-12-28(13-15-29)25-21-8-4-2-6-19(21)20-7-3-5-9-22(20)25/h2-11,16-17,25H,12-15H2,1H3/p+1/b27-17+. The minimum atomic E-state index is 0.432. The van der Waals surface area contributed by atoms with Crippen LogP contribution in [-0.2, 0) is 0 Å². The van der Waals surface area contributed by atoms with Gasteiger partial charge in [-0.1, -0.05) is 48.5 Å². The number of nitrogens with one attached hydrogen (secondary N) is 1. The molecule has 1 heterocycles. The molecule has 5 heteroatoms. The van der Waals surface area contributed by atoms with E-state index in [-0.39, 0.29) is 0 Å². The fourth-order valence-corrected chi connectivity index (χ4v) is 5.25. The van der Waals surface area contributed by atoms with Gasteiger partial charge in [0, 0.05) is 11.1 Å². The number of rotatable bonds is 4. The minimum absolute atomic E-state index is 0.432. The Kier molecular flexibility index (Phi) is 5.32. The molecule has 3 aromatic rings. The van der Waals surface area contributed by atoms with Crippen LogP contribution in [0.1, 0.15) is 22.7 Å². The van der Waals surface area contributed by atoms with E-state index in [1.165, 1.54) is 22.3 Å². The smallest absolute Gasteiger partial charge is 0.140 e. The van der Waals surface area contributed by atoms with Gasteiger partial charge >= 0.3 is 0 Å². The Balaban J connectivity index is 1.29. The van der Waals surface area contributed by atoms with Gasteiger partial charge in [0.05, 0.1) is 44.0 Å². The molecule has 0 unspecified atom stereocenters. The molecule has 0 saturated carbocycles. The Labute approximate surface area is 185 Å². The first-order valence-corrected chi connectivity index (χ1v) is 11.2. The van der Waals surface area contributed by atoms with E-state index in [1.807, 2.05) is 24.4 Å². The molecule has 152 valence electrons. The minimum Gasteiger partial charge on any atom is -0.496 e. The van der Waals surface area contributed by atoms with Crippen LogP contribution in [0.15, 0.2) is 76.3 Å². The number of methoxy groups -OCH3 is 1. The largest absolute Gasteiger partial charge is 0.496 e. The molecule has 0 aromatic heterocycles. The molecular formula is C25H25BrN3O+. The highest BCUT2D eigenvalue weighted by atomic mass is 79.9. The van der Waals surface area contributed by atoms with Gasteiger partial charge in [-0.15, -0.1) is 0 Å². The Hall–Kier alpha value is -2.63.